The molecule has 1 atom stereocenters. The fraction of sp³-hybridized carbons (Fsp3) is 0.316. The average molecular weight is 313 g/mol. The van der Waals surface area contributed by atoms with Gasteiger partial charge in [0.1, 0.15) is 11.5 Å². The predicted octanol–water partition coefficient (Wildman–Crippen LogP) is 3.40. The third-order valence-corrected chi connectivity index (χ3v) is 3.50. The van der Waals surface area contributed by atoms with E-state index in [4.69, 9.17) is 9.47 Å². The molecule has 0 heterocycles. The van der Waals surface area contributed by atoms with Gasteiger partial charge in [0.15, 0.2) is 6.10 Å². The number of hydrogen-bond donors (Lipinski definition) is 1. The van der Waals surface area contributed by atoms with Crippen LogP contribution in [0, 0.1) is 13.8 Å². The average Bonchev–Trinajstić information content (AvgIpc) is 2.52. The first-order valence-electron chi connectivity index (χ1n) is 7.63. The quantitative estimate of drug-likeness (QED) is 0.889. The van der Waals surface area contributed by atoms with Crippen LogP contribution < -0.4 is 14.8 Å². The molecule has 0 saturated heterocycles. The highest BCUT2D eigenvalue weighted by Crippen LogP contribution is 2.17. The number of carbonyl (C=O) groups excluding carboxylic acids is 1. The van der Waals surface area contributed by atoms with Crippen molar-refractivity contribution in [1.29, 1.82) is 0 Å². The Hall–Kier alpha value is -2.49. The van der Waals surface area contributed by atoms with E-state index in [0.717, 1.165) is 28.2 Å². The van der Waals surface area contributed by atoms with Crippen molar-refractivity contribution in [1.82, 2.24) is 5.32 Å². The first-order valence-corrected chi connectivity index (χ1v) is 7.63. The fourth-order valence-corrected chi connectivity index (χ4v) is 2.33. The van der Waals surface area contributed by atoms with E-state index in [9.17, 15) is 4.79 Å². The summed E-state index contributed by atoms with van der Waals surface area (Å²) < 4.78 is 10.8. The van der Waals surface area contributed by atoms with Gasteiger partial charge in [-0.15, -0.1) is 0 Å². The molecule has 1 N–H and O–H groups in total. The minimum Gasteiger partial charge on any atom is -0.497 e. The molecule has 2 aromatic carbocycles. The summed E-state index contributed by atoms with van der Waals surface area (Å²) in [5.41, 5.74) is 3.24. The van der Waals surface area contributed by atoms with E-state index in [2.05, 4.69) is 11.4 Å². The molecule has 0 bridgehead atoms. The number of amides is 1. The number of ether oxygens (including phenoxy) is 2. The Balaban J connectivity index is 1.89. The Kier molecular flexibility index (Phi) is 5.63. The molecule has 0 aromatic heterocycles. The van der Waals surface area contributed by atoms with Gasteiger partial charge in [-0.1, -0.05) is 18.2 Å². The third kappa shape index (κ3) is 5.02. The normalized spacial score (nSPS) is 11.7. The monoisotopic (exact) mass is 313 g/mol. The highest BCUT2D eigenvalue weighted by atomic mass is 16.5. The summed E-state index contributed by atoms with van der Waals surface area (Å²) in [5.74, 6) is 1.38. The van der Waals surface area contributed by atoms with Crippen LogP contribution in [0.3, 0.4) is 0 Å². The van der Waals surface area contributed by atoms with E-state index < -0.39 is 6.10 Å². The first kappa shape index (κ1) is 16.9. The maximum Gasteiger partial charge on any atom is 0.261 e. The predicted molar refractivity (Wildman–Crippen MR) is 90.8 cm³/mol. The second-order valence-electron chi connectivity index (χ2n) is 5.65. The minimum absolute atomic E-state index is 0.139. The molecule has 0 unspecified atom stereocenters. The van der Waals surface area contributed by atoms with Gasteiger partial charge in [-0.3, -0.25) is 4.79 Å². The van der Waals surface area contributed by atoms with Crippen molar-refractivity contribution in [2.24, 2.45) is 0 Å². The van der Waals surface area contributed by atoms with Gasteiger partial charge in [-0.25, -0.2) is 0 Å². The summed E-state index contributed by atoms with van der Waals surface area (Å²) in [6, 6.07) is 13.5. The van der Waals surface area contributed by atoms with Gasteiger partial charge in [-0.2, -0.15) is 0 Å². The third-order valence-electron chi connectivity index (χ3n) is 3.50. The summed E-state index contributed by atoms with van der Waals surface area (Å²) in [6.45, 7) is 6.23. The number of nitrogens with one attached hydrogen (secondary N) is 1. The number of aryl methyl sites for hydroxylation is 2. The molecule has 23 heavy (non-hydrogen) atoms. The summed E-state index contributed by atoms with van der Waals surface area (Å²) in [5, 5.41) is 2.88. The maximum atomic E-state index is 12.2. The summed E-state index contributed by atoms with van der Waals surface area (Å²) in [4.78, 5) is 12.2. The molecule has 0 fully saturated rings. The molecule has 0 aliphatic heterocycles. The van der Waals surface area contributed by atoms with Crippen LogP contribution in [0.2, 0.25) is 0 Å². The molecule has 1 amide bonds. The molecular weight excluding hydrogens is 290 g/mol. The fourth-order valence-electron chi connectivity index (χ4n) is 2.33. The SMILES string of the molecule is COc1ccc(CNC(=O)[C@H](C)Oc2cc(C)cc(C)c2)cc1. The zero-order valence-electron chi connectivity index (χ0n) is 14.1. The Morgan fingerprint density at radius 1 is 1.04 bits per heavy atom. The number of carbonyl (C=O) groups is 1. The van der Waals surface area contributed by atoms with E-state index in [0.29, 0.717) is 6.54 Å². The molecule has 0 radical (unpaired) electrons. The lowest BCUT2D eigenvalue weighted by atomic mass is 10.1. The van der Waals surface area contributed by atoms with E-state index in [-0.39, 0.29) is 5.91 Å². The van der Waals surface area contributed by atoms with Gasteiger partial charge in [0.2, 0.25) is 0 Å². The van der Waals surface area contributed by atoms with Crippen molar-refractivity contribution in [3.63, 3.8) is 0 Å². The molecule has 0 aliphatic rings. The zero-order chi connectivity index (χ0) is 16.8. The lowest BCUT2D eigenvalue weighted by Crippen LogP contribution is -2.35. The highest BCUT2D eigenvalue weighted by Gasteiger charge is 2.14. The van der Waals surface area contributed by atoms with Gasteiger partial charge in [0, 0.05) is 6.54 Å². The molecule has 122 valence electrons. The smallest absolute Gasteiger partial charge is 0.261 e. The van der Waals surface area contributed by atoms with Crippen LogP contribution in [-0.4, -0.2) is 19.1 Å². The zero-order valence-corrected chi connectivity index (χ0v) is 14.1. The molecule has 0 spiro atoms. The van der Waals surface area contributed by atoms with Crippen molar-refractivity contribution in [3.05, 3.63) is 59.2 Å². The number of rotatable bonds is 6. The van der Waals surface area contributed by atoms with Gasteiger partial charge in [0.05, 0.1) is 7.11 Å². The molecule has 2 aromatic rings. The van der Waals surface area contributed by atoms with Crippen molar-refractivity contribution in [2.75, 3.05) is 7.11 Å². The summed E-state index contributed by atoms with van der Waals surface area (Å²) >= 11 is 0. The van der Waals surface area contributed by atoms with Gasteiger partial charge >= 0.3 is 0 Å². The lowest BCUT2D eigenvalue weighted by molar-refractivity contribution is -0.127. The Morgan fingerprint density at radius 2 is 1.65 bits per heavy atom. The number of methoxy groups -OCH3 is 1. The second-order valence-corrected chi connectivity index (χ2v) is 5.65. The Labute approximate surface area is 137 Å². The molecule has 0 aliphatic carbocycles. The van der Waals surface area contributed by atoms with Crippen molar-refractivity contribution in [2.45, 2.75) is 33.4 Å². The summed E-state index contributed by atoms with van der Waals surface area (Å²) in [7, 11) is 1.63. The van der Waals surface area contributed by atoms with E-state index in [1.807, 2.05) is 50.2 Å². The van der Waals surface area contributed by atoms with Gasteiger partial charge in [0.25, 0.3) is 5.91 Å². The van der Waals surface area contributed by atoms with Crippen molar-refractivity contribution < 1.29 is 14.3 Å². The highest BCUT2D eigenvalue weighted by molar-refractivity contribution is 5.80. The van der Waals surface area contributed by atoms with Crippen molar-refractivity contribution in [3.8, 4) is 11.5 Å². The van der Waals surface area contributed by atoms with Gasteiger partial charge < -0.3 is 14.8 Å². The van der Waals surface area contributed by atoms with E-state index in [1.54, 1.807) is 14.0 Å². The molecule has 4 heteroatoms. The molecule has 4 nitrogen and oxygen atoms in total. The summed E-state index contributed by atoms with van der Waals surface area (Å²) in [6.07, 6.45) is -0.547. The van der Waals surface area contributed by atoms with Crippen LogP contribution in [0.5, 0.6) is 11.5 Å². The van der Waals surface area contributed by atoms with Crippen LogP contribution >= 0.6 is 0 Å². The van der Waals surface area contributed by atoms with Crippen LogP contribution in [0.15, 0.2) is 42.5 Å². The number of benzene rings is 2. The first-order chi connectivity index (χ1) is 11.0. The lowest BCUT2D eigenvalue weighted by Gasteiger charge is -2.15. The topological polar surface area (TPSA) is 47.6 Å². The largest absolute Gasteiger partial charge is 0.497 e. The Morgan fingerprint density at radius 3 is 2.22 bits per heavy atom. The van der Waals surface area contributed by atoms with E-state index >= 15 is 0 Å². The molecule has 2 rings (SSSR count). The maximum absolute atomic E-state index is 12.2. The van der Waals surface area contributed by atoms with Crippen LogP contribution in [0.4, 0.5) is 0 Å². The Bertz CT molecular complexity index is 645. The van der Waals surface area contributed by atoms with Crippen LogP contribution in [0.25, 0.3) is 0 Å². The molecular formula is C19H23NO3. The van der Waals surface area contributed by atoms with Gasteiger partial charge in [-0.05, 0) is 61.7 Å². The van der Waals surface area contributed by atoms with Crippen LogP contribution in [-0.2, 0) is 11.3 Å². The second kappa shape index (κ2) is 7.68. The number of hydrogen-bond acceptors (Lipinski definition) is 3. The van der Waals surface area contributed by atoms with E-state index in [1.165, 1.54) is 0 Å². The van der Waals surface area contributed by atoms with Crippen molar-refractivity contribution >= 4 is 5.91 Å². The minimum atomic E-state index is -0.547. The standard InChI is InChI=1S/C19H23NO3/c1-13-9-14(2)11-18(10-13)23-15(3)19(21)20-12-16-5-7-17(22-4)8-6-16/h5-11,15H,12H2,1-4H3,(H,20,21)/t15-/m0/s1. The molecule has 0 saturated carbocycles. The van der Waals surface area contributed by atoms with Crippen LogP contribution in [0.1, 0.15) is 23.6 Å².